The molecule has 1 amide bonds. The van der Waals surface area contributed by atoms with Crippen LogP contribution >= 0.6 is 0 Å². The zero-order valence-electron chi connectivity index (χ0n) is 12.0. The Balaban J connectivity index is 1.84. The minimum Gasteiger partial charge on any atom is -0.309 e. The van der Waals surface area contributed by atoms with Crippen LogP contribution in [0, 0.1) is 11.8 Å². The largest absolute Gasteiger partial charge is 0.391 e. The van der Waals surface area contributed by atoms with E-state index in [1.54, 1.807) is 6.07 Å². The normalized spacial score (nSPS) is 23.0. The highest BCUT2D eigenvalue weighted by Gasteiger charge is 2.42. The topological polar surface area (TPSA) is 57.8 Å². The number of H-pyrrole nitrogens is 1. The van der Waals surface area contributed by atoms with Crippen molar-refractivity contribution in [3.8, 4) is 0 Å². The molecule has 21 heavy (non-hydrogen) atoms. The monoisotopic (exact) mass is 303 g/mol. The lowest BCUT2D eigenvalue weighted by atomic mass is 9.81. The number of aromatic amines is 1. The van der Waals surface area contributed by atoms with E-state index in [-0.39, 0.29) is 37.5 Å². The number of aromatic nitrogens is 2. The van der Waals surface area contributed by atoms with E-state index in [4.69, 9.17) is 0 Å². The van der Waals surface area contributed by atoms with Crippen LogP contribution in [0.1, 0.15) is 44.7 Å². The fourth-order valence-electron chi connectivity index (χ4n) is 2.73. The van der Waals surface area contributed by atoms with Crippen LogP contribution in [0.2, 0.25) is 0 Å². The molecule has 0 radical (unpaired) electrons. The maximum Gasteiger partial charge on any atom is 0.391 e. The Bertz CT molecular complexity index is 476. The minimum absolute atomic E-state index is 0.0310. The Morgan fingerprint density at radius 3 is 2.62 bits per heavy atom. The van der Waals surface area contributed by atoms with Crippen LogP contribution in [0.25, 0.3) is 0 Å². The predicted octanol–water partition coefficient (Wildman–Crippen LogP) is 3.67. The van der Waals surface area contributed by atoms with Crippen molar-refractivity contribution in [2.24, 2.45) is 11.8 Å². The molecule has 1 aliphatic carbocycles. The second-order valence-corrected chi connectivity index (χ2v) is 5.61. The number of hydrogen-bond acceptors (Lipinski definition) is 2. The Morgan fingerprint density at radius 2 is 2.05 bits per heavy atom. The predicted molar refractivity (Wildman–Crippen MR) is 72.7 cm³/mol. The quantitative estimate of drug-likeness (QED) is 0.891. The molecule has 0 aromatic carbocycles. The number of nitrogens with zero attached hydrogens (tertiary/aromatic N) is 1. The van der Waals surface area contributed by atoms with Crippen molar-refractivity contribution in [1.82, 2.24) is 10.2 Å². The Labute approximate surface area is 121 Å². The number of anilines is 1. The summed E-state index contributed by atoms with van der Waals surface area (Å²) in [7, 11) is 0. The maximum absolute atomic E-state index is 12.6. The van der Waals surface area contributed by atoms with Crippen molar-refractivity contribution in [1.29, 1.82) is 0 Å². The Kier molecular flexibility index (Phi) is 4.90. The Morgan fingerprint density at radius 1 is 1.38 bits per heavy atom. The van der Waals surface area contributed by atoms with Gasteiger partial charge < -0.3 is 5.32 Å². The van der Waals surface area contributed by atoms with Crippen LogP contribution in [-0.2, 0) is 11.2 Å². The third-order valence-corrected chi connectivity index (χ3v) is 3.96. The molecule has 7 heteroatoms. The van der Waals surface area contributed by atoms with Gasteiger partial charge in [-0.05, 0) is 32.1 Å². The van der Waals surface area contributed by atoms with Gasteiger partial charge >= 0.3 is 6.18 Å². The molecule has 4 nitrogen and oxygen atoms in total. The van der Waals surface area contributed by atoms with Crippen LogP contribution in [0.4, 0.5) is 19.0 Å². The smallest absolute Gasteiger partial charge is 0.309 e. The summed E-state index contributed by atoms with van der Waals surface area (Å²) in [4.78, 5) is 12.0. The van der Waals surface area contributed by atoms with Gasteiger partial charge in [-0.3, -0.25) is 9.89 Å². The second-order valence-electron chi connectivity index (χ2n) is 5.61. The zero-order chi connectivity index (χ0) is 15.5. The van der Waals surface area contributed by atoms with Crippen LogP contribution in [0.5, 0.6) is 0 Å². The molecule has 1 aliphatic rings. The third kappa shape index (κ3) is 4.22. The molecule has 118 valence electrons. The molecule has 2 N–H and O–H groups in total. The van der Waals surface area contributed by atoms with Crippen LogP contribution in [0.3, 0.4) is 0 Å². The van der Waals surface area contributed by atoms with Crippen molar-refractivity contribution in [2.45, 2.75) is 51.6 Å². The van der Waals surface area contributed by atoms with Gasteiger partial charge in [-0.2, -0.15) is 18.3 Å². The van der Waals surface area contributed by atoms with E-state index in [0.717, 1.165) is 18.5 Å². The molecule has 0 saturated heterocycles. The lowest BCUT2D eigenvalue weighted by Crippen LogP contribution is -2.32. The standard InChI is InChI=1S/C14H20F3N3O/c1-2-3-11-8-12(20-19-11)18-13(21)9-4-6-10(7-5-9)14(15,16)17/h8-10H,2-7H2,1H3,(H2,18,19,20,21). The van der Waals surface area contributed by atoms with E-state index >= 15 is 0 Å². The van der Waals surface area contributed by atoms with Gasteiger partial charge in [0, 0.05) is 17.7 Å². The average molecular weight is 303 g/mol. The molecule has 1 aromatic rings. The van der Waals surface area contributed by atoms with E-state index in [2.05, 4.69) is 15.5 Å². The lowest BCUT2D eigenvalue weighted by Gasteiger charge is -2.28. The van der Waals surface area contributed by atoms with Crippen molar-refractivity contribution >= 4 is 11.7 Å². The van der Waals surface area contributed by atoms with Crippen molar-refractivity contribution in [2.75, 3.05) is 5.32 Å². The number of alkyl halides is 3. The molecule has 0 bridgehead atoms. The highest BCUT2D eigenvalue weighted by molar-refractivity contribution is 5.91. The first-order valence-electron chi connectivity index (χ1n) is 7.32. The van der Waals surface area contributed by atoms with Gasteiger partial charge in [-0.1, -0.05) is 13.3 Å². The summed E-state index contributed by atoms with van der Waals surface area (Å²) in [6, 6.07) is 1.77. The zero-order valence-corrected chi connectivity index (χ0v) is 12.0. The summed E-state index contributed by atoms with van der Waals surface area (Å²) in [5.41, 5.74) is 0.938. The number of hydrogen-bond donors (Lipinski definition) is 2. The fourth-order valence-corrected chi connectivity index (χ4v) is 2.73. The van der Waals surface area contributed by atoms with Crippen LogP contribution < -0.4 is 5.32 Å². The van der Waals surface area contributed by atoms with Gasteiger partial charge in [0.05, 0.1) is 5.92 Å². The Hall–Kier alpha value is -1.53. The van der Waals surface area contributed by atoms with E-state index in [1.165, 1.54) is 0 Å². The maximum atomic E-state index is 12.6. The van der Waals surface area contributed by atoms with Gasteiger partial charge in [-0.25, -0.2) is 0 Å². The molecule has 1 heterocycles. The van der Waals surface area contributed by atoms with Gasteiger partial charge in [0.15, 0.2) is 5.82 Å². The molecule has 2 rings (SSSR count). The van der Waals surface area contributed by atoms with Crippen molar-refractivity contribution in [3.63, 3.8) is 0 Å². The highest BCUT2D eigenvalue weighted by atomic mass is 19.4. The molecular formula is C14H20F3N3O. The molecule has 0 spiro atoms. The molecule has 0 unspecified atom stereocenters. The number of rotatable bonds is 4. The number of nitrogens with one attached hydrogen (secondary N) is 2. The van der Waals surface area contributed by atoms with E-state index in [0.29, 0.717) is 5.82 Å². The van der Waals surface area contributed by atoms with E-state index in [1.807, 2.05) is 6.92 Å². The van der Waals surface area contributed by atoms with E-state index < -0.39 is 12.1 Å². The van der Waals surface area contributed by atoms with Gasteiger partial charge in [0.25, 0.3) is 0 Å². The first kappa shape index (κ1) is 15.9. The summed E-state index contributed by atoms with van der Waals surface area (Å²) in [6.45, 7) is 2.04. The summed E-state index contributed by atoms with van der Waals surface area (Å²) in [6.07, 6.45) is -1.70. The molecular weight excluding hydrogens is 283 g/mol. The average Bonchev–Trinajstić information content (AvgIpc) is 2.86. The molecule has 0 aliphatic heterocycles. The summed E-state index contributed by atoms with van der Waals surface area (Å²) in [5.74, 6) is -1.40. The van der Waals surface area contributed by atoms with Crippen LogP contribution in [-0.4, -0.2) is 22.3 Å². The summed E-state index contributed by atoms with van der Waals surface area (Å²) >= 11 is 0. The van der Waals surface area contributed by atoms with Crippen molar-refractivity contribution in [3.05, 3.63) is 11.8 Å². The molecule has 0 atom stereocenters. The number of carbonyl (C=O) groups excluding carboxylic acids is 1. The van der Waals surface area contributed by atoms with Crippen LogP contribution in [0.15, 0.2) is 6.07 Å². The number of aryl methyl sites for hydroxylation is 1. The first-order valence-corrected chi connectivity index (χ1v) is 7.32. The molecule has 1 fully saturated rings. The summed E-state index contributed by atoms with van der Waals surface area (Å²) < 4.78 is 37.7. The highest BCUT2D eigenvalue weighted by Crippen LogP contribution is 2.39. The molecule has 1 saturated carbocycles. The van der Waals surface area contributed by atoms with Gasteiger partial charge in [0.2, 0.25) is 5.91 Å². The third-order valence-electron chi connectivity index (χ3n) is 3.96. The lowest BCUT2D eigenvalue weighted by molar-refractivity contribution is -0.184. The number of amides is 1. The second kappa shape index (κ2) is 6.49. The molecule has 1 aromatic heterocycles. The first-order chi connectivity index (χ1) is 9.90. The minimum atomic E-state index is -4.14. The number of carbonyl (C=O) groups is 1. The van der Waals surface area contributed by atoms with E-state index in [9.17, 15) is 18.0 Å². The van der Waals surface area contributed by atoms with Gasteiger partial charge in [-0.15, -0.1) is 0 Å². The van der Waals surface area contributed by atoms with Crippen molar-refractivity contribution < 1.29 is 18.0 Å². The fraction of sp³-hybridized carbons (Fsp3) is 0.714. The summed E-state index contributed by atoms with van der Waals surface area (Å²) in [5, 5.41) is 9.50. The number of halogens is 3. The SMILES string of the molecule is CCCc1cc(NC(=O)C2CCC(C(F)(F)F)CC2)n[nH]1. The van der Waals surface area contributed by atoms with Gasteiger partial charge in [0.1, 0.15) is 0 Å².